The maximum atomic E-state index is 12.3. The summed E-state index contributed by atoms with van der Waals surface area (Å²) in [6.45, 7) is -0.239. The van der Waals surface area contributed by atoms with Crippen LogP contribution in [-0.4, -0.2) is 15.5 Å². The maximum absolute atomic E-state index is 12.3. The summed E-state index contributed by atoms with van der Waals surface area (Å²) in [6.07, 6.45) is 1.32. The van der Waals surface area contributed by atoms with Gasteiger partial charge >= 0.3 is 5.97 Å². The van der Waals surface area contributed by atoms with Crippen LogP contribution < -0.4 is 10.3 Å². The third-order valence-corrected chi connectivity index (χ3v) is 3.25. The van der Waals surface area contributed by atoms with Crippen LogP contribution in [0.2, 0.25) is 0 Å². The average Bonchev–Trinajstić information content (AvgIpc) is 2.58. The van der Waals surface area contributed by atoms with Gasteiger partial charge in [0.15, 0.2) is 0 Å². The highest BCUT2D eigenvalue weighted by Gasteiger charge is 2.10. The number of ether oxygens (including phenoxy) is 1. The van der Waals surface area contributed by atoms with E-state index in [0.29, 0.717) is 22.2 Å². The number of nitrogens with zero attached hydrogens (tertiary/aromatic N) is 3. The Bertz CT molecular complexity index is 969. The maximum Gasteiger partial charge on any atom is 0.331 e. The minimum atomic E-state index is -0.589. The monoisotopic (exact) mass is 305 g/mol. The lowest BCUT2D eigenvalue weighted by Crippen LogP contribution is -2.26. The second kappa shape index (κ2) is 6.12. The molecule has 0 spiro atoms. The van der Waals surface area contributed by atoms with E-state index in [2.05, 4.69) is 4.98 Å². The summed E-state index contributed by atoms with van der Waals surface area (Å²) in [5.74, 6) is -0.273. The summed E-state index contributed by atoms with van der Waals surface area (Å²) < 4.78 is 6.35. The zero-order valence-electron chi connectivity index (χ0n) is 12.0. The Hall–Kier alpha value is -3.46. The lowest BCUT2D eigenvalue weighted by Gasteiger charge is -2.07. The Labute approximate surface area is 131 Å². The van der Waals surface area contributed by atoms with Crippen LogP contribution in [-0.2, 0) is 11.3 Å². The van der Waals surface area contributed by atoms with Crippen molar-refractivity contribution in [3.05, 3.63) is 70.8 Å². The summed E-state index contributed by atoms with van der Waals surface area (Å²) in [5, 5.41) is 9.17. The van der Waals surface area contributed by atoms with Crippen molar-refractivity contribution in [1.82, 2.24) is 9.55 Å². The van der Waals surface area contributed by atoms with Crippen LogP contribution in [0.25, 0.3) is 10.9 Å². The number of hydrogen-bond donors (Lipinski definition) is 0. The fourth-order valence-corrected chi connectivity index (χ4v) is 2.12. The largest absolute Gasteiger partial charge is 0.425 e. The van der Waals surface area contributed by atoms with Crippen LogP contribution in [0, 0.1) is 11.3 Å². The quantitative estimate of drug-likeness (QED) is 0.545. The molecule has 0 fully saturated rings. The molecule has 0 atom stereocenters. The van der Waals surface area contributed by atoms with E-state index in [-0.39, 0.29) is 12.1 Å². The van der Waals surface area contributed by atoms with Crippen LogP contribution in [0.15, 0.2) is 59.7 Å². The fourth-order valence-electron chi connectivity index (χ4n) is 2.12. The molecule has 23 heavy (non-hydrogen) atoms. The number of aromatic nitrogens is 2. The van der Waals surface area contributed by atoms with Gasteiger partial charge in [-0.05, 0) is 36.4 Å². The summed E-state index contributed by atoms with van der Waals surface area (Å²) in [7, 11) is 0. The van der Waals surface area contributed by atoms with E-state index >= 15 is 0 Å². The van der Waals surface area contributed by atoms with Crippen molar-refractivity contribution in [2.45, 2.75) is 6.54 Å². The van der Waals surface area contributed by atoms with Crippen molar-refractivity contribution < 1.29 is 9.53 Å². The molecule has 3 rings (SSSR count). The summed E-state index contributed by atoms with van der Waals surface area (Å²) >= 11 is 0. The van der Waals surface area contributed by atoms with Gasteiger partial charge in [0.05, 0.1) is 28.9 Å². The first-order valence-electron chi connectivity index (χ1n) is 6.82. The fraction of sp³-hybridized carbons (Fsp3) is 0.0588. The van der Waals surface area contributed by atoms with E-state index in [9.17, 15) is 9.59 Å². The van der Waals surface area contributed by atoms with Crippen LogP contribution in [0.5, 0.6) is 5.75 Å². The van der Waals surface area contributed by atoms with Gasteiger partial charge in [0.2, 0.25) is 0 Å². The first-order chi connectivity index (χ1) is 11.2. The van der Waals surface area contributed by atoms with E-state index in [1.54, 1.807) is 36.4 Å². The van der Waals surface area contributed by atoms with Gasteiger partial charge in [-0.2, -0.15) is 5.26 Å². The standard InChI is InChI=1S/C17H11N3O3/c18-9-12-5-7-13(8-6-12)23-16(21)10-20-11-19-15-4-2-1-3-14(15)17(20)22/h1-8,11H,10H2. The lowest BCUT2D eigenvalue weighted by atomic mass is 10.2. The molecule has 0 unspecified atom stereocenters. The Morgan fingerprint density at radius 1 is 1.17 bits per heavy atom. The first-order valence-corrected chi connectivity index (χ1v) is 6.82. The molecule has 0 saturated heterocycles. The van der Waals surface area contributed by atoms with Gasteiger partial charge in [0.25, 0.3) is 5.56 Å². The first kappa shape index (κ1) is 14.5. The van der Waals surface area contributed by atoms with Crippen LogP contribution in [0.1, 0.15) is 5.56 Å². The third kappa shape index (κ3) is 3.09. The molecule has 3 aromatic rings. The van der Waals surface area contributed by atoms with Gasteiger partial charge in [-0.3, -0.25) is 9.36 Å². The smallest absolute Gasteiger partial charge is 0.331 e. The van der Waals surface area contributed by atoms with E-state index in [1.165, 1.54) is 23.0 Å². The number of nitriles is 1. The number of esters is 1. The Kier molecular flexibility index (Phi) is 3.85. The molecule has 0 N–H and O–H groups in total. The number of para-hydroxylation sites is 1. The Morgan fingerprint density at radius 2 is 1.91 bits per heavy atom. The molecule has 0 saturated carbocycles. The predicted molar refractivity (Wildman–Crippen MR) is 82.8 cm³/mol. The second-order valence-electron chi connectivity index (χ2n) is 4.81. The molecule has 2 aromatic carbocycles. The molecule has 0 bridgehead atoms. The molecule has 0 aliphatic heterocycles. The number of carbonyl (C=O) groups excluding carboxylic acids is 1. The SMILES string of the molecule is N#Cc1ccc(OC(=O)Cn2cnc3ccccc3c2=O)cc1. The third-order valence-electron chi connectivity index (χ3n) is 3.25. The predicted octanol–water partition coefficient (Wildman–Crippen LogP) is 1.87. The molecule has 1 heterocycles. The minimum Gasteiger partial charge on any atom is -0.425 e. The van der Waals surface area contributed by atoms with Crippen LogP contribution in [0.4, 0.5) is 0 Å². The van der Waals surface area contributed by atoms with Gasteiger partial charge in [-0.15, -0.1) is 0 Å². The Morgan fingerprint density at radius 3 is 2.65 bits per heavy atom. The molecular weight excluding hydrogens is 294 g/mol. The molecular formula is C17H11N3O3. The molecule has 1 aromatic heterocycles. The molecule has 0 aliphatic rings. The van der Waals surface area contributed by atoms with Gasteiger partial charge < -0.3 is 4.74 Å². The van der Waals surface area contributed by atoms with E-state index in [1.807, 2.05) is 6.07 Å². The number of hydrogen-bond acceptors (Lipinski definition) is 5. The Balaban J connectivity index is 1.78. The molecule has 6 heteroatoms. The molecule has 6 nitrogen and oxygen atoms in total. The van der Waals surface area contributed by atoms with Gasteiger partial charge in [-0.1, -0.05) is 12.1 Å². The van der Waals surface area contributed by atoms with Crippen LogP contribution >= 0.6 is 0 Å². The lowest BCUT2D eigenvalue weighted by molar-refractivity contribution is -0.135. The van der Waals surface area contributed by atoms with Crippen molar-refractivity contribution in [1.29, 1.82) is 5.26 Å². The van der Waals surface area contributed by atoms with Crippen molar-refractivity contribution in [3.8, 4) is 11.8 Å². The summed E-state index contributed by atoms with van der Waals surface area (Å²) in [5.41, 5.74) is 0.751. The highest BCUT2D eigenvalue weighted by Crippen LogP contribution is 2.12. The zero-order chi connectivity index (χ0) is 16.2. The number of carbonyl (C=O) groups is 1. The highest BCUT2D eigenvalue weighted by atomic mass is 16.5. The van der Waals surface area contributed by atoms with E-state index in [4.69, 9.17) is 10.00 Å². The number of benzene rings is 2. The number of fused-ring (bicyclic) bond motifs is 1. The van der Waals surface area contributed by atoms with Crippen molar-refractivity contribution in [3.63, 3.8) is 0 Å². The molecule has 112 valence electrons. The van der Waals surface area contributed by atoms with Crippen molar-refractivity contribution in [2.24, 2.45) is 0 Å². The van der Waals surface area contributed by atoms with Crippen molar-refractivity contribution in [2.75, 3.05) is 0 Å². The summed E-state index contributed by atoms with van der Waals surface area (Å²) in [4.78, 5) is 28.4. The zero-order valence-corrected chi connectivity index (χ0v) is 12.0. The normalized spacial score (nSPS) is 10.2. The number of rotatable bonds is 3. The van der Waals surface area contributed by atoms with Gasteiger partial charge in [0, 0.05) is 0 Å². The highest BCUT2D eigenvalue weighted by molar-refractivity contribution is 5.78. The molecule has 0 radical (unpaired) electrons. The molecule has 0 amide bonds. The summed E-state index contributed by atoms with van der Waals surface area (Å²) in [6, 6.07) is 15.0. The second-order valence-corrected chi connectivity index (χ2v) is 4.81. The van der Waals surface area contributed by atoms with Crippen LogP contribution in [0.3, 0.4) is 0 Å². The van der Waals surface area contributed by atoms with Crippen molar-refractivity contribution >= 4 is 16.9 Å². The molecule has 0 aliphatic carbocycles. The van der Waals surface area contributed by atoms with E-state index in [0.717, 1.165) is 0 Å². The van der Waals surface area contributed by atoms with Gasteiger partial charge in [-0.25, -0.2) is 9.78 Å². The van der Waals surface area contributed by atoms with E-state index < -0.39 is 5.97 Å². The van der Waals surface area contributed by atoms with Gasteiger partial charge in [0.1, 0.15) is 12.3 Å². The topological polar surface area (TPSA) is 85.0 Å². The minimum absolute atomic E-state index is 0.239. The average molecular weight is 305 g/mol.